The van der Waals surface area contributed by atoms with E-state index in [1.165, 1.54) is 11.1 Å². The van der Waals surface area contributed by atoms with E-state index in [0.29, 0.717) is 11.3 Å². The van der Waals surface area contributed by atoms with Crippen LogP contribution in [0.4, 0.5) is 13.6 Å². The van der Waals surface area contributed by atoms with E-state index in [4.69, 9.17) is 9.47 Å². The van der Waals surface area contributed by atoms with Crippen LogP contribution in [0.1, 0.15) is 28.7 Å². The summed E-state index contributed by atoms with van der Waals surface area (Å²) in [4.78, 5) is 36.0. The zero-order chi connectivity index (χ0) is 27.0. The second-order valence-electron chi connectivity index (χ2n) is 8.93. The summed E-state index contributed by atoms with van der Waals surface area (Å²) >= 11 is 0. The van der Waals surface area contributed by atoms with Gasteiger partial charge < -0.3 is 28.9 Å². The summed E-state index contributed by atoms with van der Waals surface area (Å²) in [7, 11) is 0. The number of rotatable bonds is 6. The SMILES string of the molecule is CCOC(=O)c1c[nH]c(-c2cc(F)c(-c3nc4cc(C)ccn4c3CC3CN(C(=O)O)CCO3)c(F)c2)n1. The number of hydrogen-bond donors (Lipinski definition) is 2. The van der Waals surface area contributed by atoms with Gasteiger partial charge in [-0.3, -0.25) is 0 Å². The summed E-state index contributed by atoms with van der Waals surface area (Å²) in [5, 5.41) is 9.39. The second-order valence-corrected chi connectivity index (χ2v) is 8.93. The Balaban J connectivity index is 1.55. The highest BCUT2D eigenvalue weighted by molar-refractivity contribution is 5.87. The van der Waals surface area contributed by atoms with Gasteiger partial charge in [0.05, 0.1) is 42.8 Å². The van der Waals surface area contributed by atoms with Crippen LogP contribution in [0.3, 0.4) is 0 Å². The Morgan fingerprint density at radius 1 is 1.24 bits per heavy atom. The summed E-state index contributed by atoms with van der Waals surface area (Å²) in [5.41, 5.74) is 1.77. The van der Waals surface area contributed by atoms with E-state index in [0.717, 1.165) is 17.7 Å². The number of aromatic nitrogens is 4. The van der Waals surface area contributed by atoms with Gasteiger partial charge in [0.25, 0.3) is 0 Å². The van der Waals surface area contributed by atoms with E-state index in [2.05, 4.69) is 15.0 Å². The van der Waals surface area contributed by atoms with Crippen LogP contribution in [0.2, 0.25) is 0 Å². The molecule has 1 saturated heterocycles. The molecule has 0 saturated carbocycles. The number of fused-ring (bicyclic) bond motifs is 1. The van der Waals surface area contributed by atoms with Crippen LogP contribution in [0, 0.1) is 18.6 Å². The van der Waals surface area contributed by atoms with Crippen LogP contribution >= 0.6 is 0 Å². The maximum absolute atomic E-state index is 15.6. The maximum Gasteiger partial charge on any atom is 0.407 e. The van der Waals surface area contributed by atoms with Gasteiger partial charge in [-0.1, -0.05) is 0 Å². The van der Waals surface area contributed by atoms with Crippen molar-refractivity contribution in [1.29, 1.82) is 0 Å². The fourth-order valence-electron chi connectivity index (χ4n) is 4.54. The fraction of sp³-hybridized carbons (Fsp3) is 0.308. The zero-order valence-corrected chi connectivity index (χ0v) is 20.7. The first kappa shape index (κ1) is 25.3. The van der Waals surface area contributed by atoms with E-state index in [9.17, 15) is 14.7 Å². The number of H-pyrrole nitrogens is 1. The third kappa shape index (κ3) is 4.82. The Bertz CT molecular complexity index is 1510. The number of pyridine rings is 1. The summed E-state index contributed by atoms with van der Waals surface area (Å²) < 4.78 is 43.6. The van der Waals surface area contributed by atoms with Crippen molar-refractivity contribution in [3.8, 4) is 22.6 Å². The van der Waals surface area contributed by atoms with Gasteiger partial charge in [-0.25, -0.2) is 28.3 Å². The normalized spacial score (nSPS) is 15.7. The van der Waals surface area contributed by atoms with Crippen molar-refractivity contribution < 1.29 is 33.0 Å². The molecule has 0 spiro atoms. The first-order chi connectivity index (χ1) is 18.2. The molecule has 0 radical (unpaired) electrons. The van der Waals surface area contributed by atoms with Gasteiger partial charge in [0.2, 0.25) is 0 Å². The van der Waals surface area contributed by atoms with Gasteiger partial charge in [0.15, 0.2) is 5.69 Å². The lowest BCUT2D eigenvalue weighted by atomic mass is 10.0. The minimum atomic E-state index is -1.05. The Labute approximate surface area is 215 Å². The Kier molecular flexibility index (Phi) is 6.81. The number of carbonyl (C=O) groups is 2. The van der Waals surface area contributed by atoms with Crippen LogP contribution < -0.4 is 0 Å². The van der Waals surface area contributed by atoms with Gasteiger partial charge in [0, 0.05) is 30.9 Å². The molecule has 10 nitrogen and oxygen atoms in total. The van der Waals surface area contributed by atoms with E-state index in [1.54, 1.807) is 23.6 Å². The highest BCUT2D eigenvalue weighted by Crippen LogP contribution is 2.33. The molecule has 1 aliphatic heterocycles. The number of halogens is 2. The van der Waals surface area contributed by atoms with Crippen molar-refractivity contribution in [3.63, 3.8) is 0 Å². The minimum Gasteiger partial charge on any atom is -0.465 e. The highest BCUT2D eigenvalue weighted by Gasteiger charge is 2.29. The van der Waals surface area contributed by atoms with E-state index >= 15 is 8.78 Å². The van der Waals surface area contributed by atoms with Gasteiger partial charge in [-0.2, -0.15) is 0 Å². The second kappa shape index (κ2) is 10.2. The number of imidazole rings is 2. The highest BCUT2D eigenvalue weighted by atomic mass is 19.1. The number of aromatic amines is 1. The molecule has 4 aromatic rings. The topological polar surface area (TPSA) is 122 Å². The number of morpholine rings is 1. The predicted molar refractivity (Wildman–Crippen MR) is 132 cm³/mol. The van der Waals surface area contributed by atoms with Crippen LogP contribution in [0.25, 0.3) is 28.3 Å². The Hall–Kier alpha value is -4.32. The van der Waals surface area contributed by atoms with E-state index < -0.39 is 29.8 Å². The summed E-state index contributed by atoms with van der Waals surface area (Å²) in [6.07, 6.45) is 1.69. The average molecular weight is 526 g/mol. The number of hydrogen-bond acceptors (Lipinski definition) is 6. The lowest BCUT2D eigenvalue weighted by Crippen LogP contribution is -2.45. The monoisotopic (exact) mass is 525 g/mol. The molecular formula is C26H25F2N5O5. The van der Waals surface area contributed by atoms with Gasteiger partial charge in [-0.05, 0) is 43.7 Å². The molecule has 198 valence electrons. The molecule has 1 amide bonds. The largest absolute Gasteiger partial charge is 0.465 e. The van der Waals surface area contributed by atoms with Crippen LogP contribution in [0.15, 0.2) is 36.7 Å². The van der Waals surface area contributed by atoms with Crippen molar-refractivity contribution in [1.82, 2.24) is 24.3 Å². The van der Waals surface area contributed by atoms with E-state index in [1.807, 2.05) is 13.0 Å². The van der Waals surface area contributed by atoms with Crippen LogP contribution in [0.5, 0.6) is 0 Å². The molecule has 1 aromatic carbocycles. The molecule has 1 aliphatic rings. The number of benzene rings is 1. The summed E-state index contributed by atoms with van der Waals surface area (Å²) in [5.74, 6) is -2.28. The number of nitrogens with zero attached hydrogens (tertiary/aromatic N) is 4. The first-order valence-corrected chi connectivity index (χ1v) is 12.0. The summed E-state index contributed by atoms with van der Waals surface area (Å²) in [6.45, 7) is 4.30. The third-order valence-electron chi connectivity index (χ3n) is 6.33. The lowest BCUT2D eigenvalue weighted by molar-refractivity contribution is -0.0214. The fourth-order valence-corrected chi connectivity index (χ4v) is 4.54. The quantitative estimate of drug-likeness (QED) is 0.364. The van der Waals surface area contributed by atoms with Gasteiger partial charge in [-0.15, -0.1) is 0 Å². The summed E-state index contributed by atoms with van der Waals surface area (Å²) in [6, 6.07) is 5.88. The van der Waals surface area contributed by atoms with Crippen molar-refractivity contribution in [2.24, 2.45) is 0 Å². The van der Waals surface area contributed by atoms with E-state index in [-0.39, 0.29) is 61.1 Å². The predicted octanol–water partition coefficient (Wildman–Crippen LogP) is 4.08. The van der Waals surface area contributed by atoms with Crippen LogP contribution in [-0.2, 0) is 15.9 Å². The molecular weight excluding hydrogens is 500 g/mol. The lowest BCUT2D eigenvalue weighted by Gasteiger charge is -2.31. The standard InChI is InChI=1S/C26H25F2N5O5/c1-3-37-25(34)19-12-29-24(30-19)15-9-17(27)22(18(28)10-15)23-20(33-5-4-14(2)8-21(33)31-23)11-16-13-32(26(35)36)6-7-38-16/h4-5,8-10,12,16H,3,6-7,11,13H2,1-2H3,(H,29,30)(H,35,36). The number of amides is 1. The Morgan fingerprint density at radius 3 is 2.71 bits per heavy atom. The molecule has 2 N–H and O–H groups in total. The van der Waals surface area contributed by atoms with Crippen molar-refractivity contribution >= 4 is 17.7 Å². The van der Waals surface area contributed by atoms with Crippen LogP contribution in [-0.4, -0.2) is 73.8 Å². The molecule has 38 heavy (non-hydrogen) atoms. The Morgan fingerprint density at radius 2 is 2.00 bits per heavy atom. The maximum atomic E-state index is 15.6. The number of nitrogens with one attached hydrogen (secondary N) is 1. The molecule has 12 heteroatoms. The third-order valence-corrected chi connectivity index (χ3v) is 6.33. The van der Waals surface area contributed by atoms with Gasteiger partial charge in [0.1, 0.15) is 23.1 Å². The molecule has 0 bridgehead atoms. The van der Waals surface area contributed by atoms with Gasteiger partial charge >= 0.3 is 12.1 Å². The number of carbonyl (C=O) groups excluding carboxylic acids is 1. The number of aryl methyl sites for hydroxylation is 1. The van der Waals surface area contributed by atoms with Crippen molar-refractivity contribution in [2.45, 2.75) is 26.4 Å². The molecule has 0 aliphatic carbocycles. The number of esters is 1. The molecule has 1 atom stereocenters. The molecule has 3 aromatic heterocycles. The molecule has 1 fully saturated rings. The minimum absolute atomic E-state index is 0.00682. The van der Waals surface area contributed by atoms with Crippen molar-refractivity contribution in [3.05, 3.63) is 65.2 Å². The molecule has 1 unspecified atom stereocenters. The zero-order valence-electron chi connectivity index (χ0n) is 20.7. The number of carboxylic acid groups (broad SMARTS) is 1. The average Bonchev–Trinajstić information content (AvgIpc) is 3.50. The molecule has 4 heterocycles. The number of ether oxygens (including phenoxy) is 2. The molecule has 5 rings (SSSR count). The first-order valence-electron chi connectivity index (χ1n) is 12.0. The van der Waals surface area contributed by atoms with Crippen molar-refractivity contribution in [2.75, 3.05) is 26.3 Å². The smallest absolute Gasteiger partial charge is 0.407 e.